The molecule has 0 aliphatic rings. The molecule has 0 saturated carbocycles. The molecule has 4 heteroatoms. The van der Waals surface area contributed by atoms with Crippen molar-refractivity contribution in [2.24, 2.45) is 0 Å². The van der Waals surface area contributed by atoms with Gasteiger partial charge in [0.05, 0.1) is 0 Å². The van der Waals surface area contributed by atoms with E-state index in [4.69, 9.17) is 9.84 Å². The highest BCUT2D eigenvalue weighted by molar-refractivity contribution is 5.67. The monoisotopic (exact) mass is 202 g/mol. The first-order valence-electron chi connectivity index (χ1n) is 4.85. The Kier molecular flexibility index (Phi) is 6.28. The number of nitrogens with one attached hydrogen (secondary N) is 1. The van der Waals surface area contributed by atoms with Crippen molar-refractivity contribution in [1.82, 2.24) is 5.32 Å². The number of aliphatic hydroxyl groups is 1. The quantitative estimate of drug-likeness (QED) is 0.664. The van der Waals surface area contributed by atoms with Gasteiger partial charge in [-0.15, -0.1) is 0 Å². The Bertz CT molecular complexity index is 163. The third kappa shape index (κ3) is 9.32. The molecule has 0 bridgehead atoms. The smallest absolute Gasteiger partial charge is 0.407 e. The van der Waals surface area contributed by atoms with Gasteiger partial charge in [-0.3, -0.25) is 0 Å². The maximum Gasteiger partial charge on any atom is 0.407 e. The predicted octanol–water partition coefficient (Wildman–Crippen LogP) is 1.49. The number of hydrogen-bond donors (Lipinski definition) is 2. The highest BCUT2D eigenvalue weighted by Gasteiger charge is 2.15. The fourth-order valence-corrected chi connectivity index (χ4v) is 0.842. The van der Waals surface area contributed by atoms with Crippen LogP contribution < -0.4 is 5.32 Å². The molecule has 83 valence electrons. The number of unbranched alkanes of at least 4 members (excludes halogenated alkanes) is 2. The van der Waals surface area contributed by atoms with Gasteiger partial charge in [0, 0.05) is 13.2 Å². The topological polar surface area (TPSA) is 58.6 Å². The number of hydrogen-bond acceptors (Lipinski definition) is 3. The lowest BCUT2D eigenvalue weighted by Gasteiger charge is -2.19. The summed E-state index contributed by atoms with van der Waals surface area (Å²) in [6.45, 7) is 6.14. The maximum atomic E-state index is 11.1. The van der Waals surface area contributed by atoms with Crippen LogP contribution in [0.15, 0.2) is 0 Å². The molecule has 0 fully saturated rings. The van der Waals surface area contributed by atoms with Crippen LogP contribution in [0.2, 0.25) is 0 Å². The van der Waals surface area contributed by atoms with E-state index in [-0.39, 0.29) is 12.7 Å². The molecule has 4 nitrogen and oxygen atoms in total. The van der Waals surface area contributed by atoms with Gasteiger partial charge in [0.1, 0.15) is 5.60 Å². The summed E-state index contributed by atoms with van der Waals surface area (Å²) in [5.74, 6) is 0. The molecule has 0 rings (SSSR count). The molecule has 2 N–H and O–H groups in total. The summed E-state index contributed by atoms with van der Waals surface area (Å²) in [6, 6.07) is 0. The minimum Gasteiger partial charge on any atom is -0.444 e. The van der Waals surface area contributed by atoms with Crippen molar-refractivity contribution < 1.29 is 14.6 Å². The normalized spacial score (nSPS) is 11.1. The SMILES string of the molecule is CC(C)(C)OC(=O)NCCC[CH]CO. The summed E-state index contributed by atoms with van der Waals surface area (Å²) in [5.41, 5.74) is -0.443. The minimum atomic E-state index is -0.443. The van der Waals surface area contributed by atoms with Gasteiger partial charge in [-0.05, 0) is 40.0 Å². The molecular formula is C10H20NO3. The summed E-state index contributed by atoms with van der Waals surface area (Å²) in [7, 11) is 0. The molecule has 0 aromatic carbocycles. The van der Waals surface area contributed by atoms with E-state index in [2.05, 4.69) is 5.32 Å². The molecule has 0 aliphatic carbocycles. The van der Waals surface area contributed by atoms with Crippen LogP contribution >= 0.6 is 0 Å². The summed E-state index contributed by atoms with van der Waals surface area (Å²) in [4.78, 5) is 11.1. The summed E-state index contributed by atoms with van der Waals surface area (Å²) >= 11 is 0. The minimum absolute atomic E-state index is 0.0897. The molecule has 1 radical (unpaired) electrons. The third-order valence-corrected chi connectivity index (χ3v) is 1.38. The van der Waals surface area contributed by atoms with E-state index < -0.39 is 5.60 Å². The number of amides is 1. The van der Waals surface area contributed by atoms with Crippen LogP contribution in [0.4, 0.5) is 4.79 Å². The van der Waals surface area contributed by atoms with Gasteiger partial charge in [-0.25, -0.2) is 4.79 Å². The van der Waals surface area contributed by atoms with Crippen molar-refractivity contribution in [2.45, 2.75) is 39.2 Å². The van der Waals surface area contributed by atoms with Gasteiger partial charge < -0.3 is 15.2 Å². The van der Waals surface area contributed by atoms with Crippen LogP contribution in [0, 0.1) is 6.42 Å². The standard InChI is InChI=1S/C10H20NO3/c1-10(2,3)14-9(13)11-7-5-4-6-8-12/h6,12H,4-5,7-8H2,1-3H3,(H,11,13). The van der Waals surface area contributed by atoms with Crippen molar-refractivity contribution in [3.8, 4) is 0 Å². The van der Waals surface area contributed by atoms with Crippen LogP contribution in [-0.4, -0.2) is 30.0 Å². The Labute approximate surface area is 85.6 Å². The third-order valence-electron chi connectivity index (χ3n) is 1.38. The summed E-state index contributed by atoms with van der Waals surface area (Å²) in [5, 5.41) is 11.1. The highest BCUT2D eigenvalue weighted by atomic mass is 16.6. The van der Waals surface area contributed by atoms with Crippen molar-refractivity contribution >= 4 is 6.09 Å². The lowest BCUT2D eigenvalue weighted by atomic mass is 10.2. The first-order valence-corrected chi connectivity index (χ1v) is 4.85. The number of carbonyl (C=O) groups excluding carboxylic acids is 1. The zero-order valence-corrected chi connectivity index (χ0v) is 9.17. The zero-order valence-electron chi connectivity index (χ0n) is 9.17. The van der Waals surface area contributed by atoms with Gasteiger partial charge in [0.25, 0.3) is 0 Å². The fraction of sp³-hybridized carbons (Fsp3) is 0.800. The van der Waals surface area contributed by atoms with E-state index in [1.54, 1.807) is 6.42 Å². The molecule has 0 unspecified atom stereocenters. The van der Waals surface area contributed by atoms with Crippen molar-refractivity contribution in [1.29, 1.82) is 0 Å². The lowest BCUT2D eigenvalue weighted by Crippen LogP contribution is -2.33. The largest absolute Gasteiger partial charge is 0.444 e. The number of alkyl carbamates (subject to hydrolysis) is 1. The van der Waals surface area contributed by atoms with Crippen LogP contribution in [0.5, 0.6) is 0 Å². The molecular weight excluding hydrogens is 182 g/mol. The van der Waals surface area contributed by atoms with E-state index in [0.29, 0.717) is 6.54 Å². The molecule has 0 aliphatic heterocycles. The predicted molar refractivity (Wildman–Crippen MR) is 54.9 cm³/mol. The first kappa shape index (κ1) is 13.2. The molecule has 0 saturated heterocycles. The number of carbonyl (C=O) groups is 1. The molecule has 14 heavy (non-hydrogen) atoms. The number of ether oxygens (including phenoxy) is 1. The molecule has 0 heterocycles. The molecule has 0 aromatic rings. The maximum absolute atomic E-state index is 11.1. The molecule has 0 atom stereocenters. The Morgan fingerprint density at radius 3 is 2.64 bits per heavy atom. The molecule has 0 aromatic heterocycles. The van der Waals surface area contributed by atoms with E-state index >= 15 is 0 Å². The zero-order chi connectivity index (χ0) is 11.0. The molecule has 1 amide bonds. The average Bonchev–Trinajstić information content (AvgIpc) is 2.00. The van der Waals surface area contributed by atoms with Gasteiger partial charge >= 0.3 is 6.09 Å². The Morgan fingerprint density at radius 1 is 1.50 bits per heavy atom. The highest BCUT2D eigenvalue weighted by Crippen LogP contribution is 2.06. The van der Waals surface area contributed by atoms with Crippen LogP contribution in [0.3, 0.4) is 0 Å². The molecule has 0 spiro atoms. The first-order chi connectivity index (χ1) is 6.45. The van der Waals surface area contributed by atoms with Crippen LogP contribution in [0.25, 0.3) is 0 Å². The van der Waals surface area contributed by atoms with Crippen molar-refractivity contribution in [3.63, 3.8) is 0 Å². The average molecular weight is 202 g/mol. The Balaban J connectivity index is 3.36. The van der Waals surface area contributed by atoms with E-state index in [1.165, 1.54) is 0 Å². The Hall–Kier alpha value is -0.770. The van der Waals surface area contributed by atoms with Gasteiger partial charge in [0.2, 0.25) is 0 Å². The van der Waals surface area contributed by atoms with Gasteiger partial charge in [-0.2, -0.15) is 0 Å². The van der Waals surface area contributed by atoms with Crippen molar-refractivity contribution in [2.75, 3.05) is 13.2 Å². The van der Waals surface area contributed by atoms with Gasteiger partial charge in [-0.1, -0.05) is 0 Å². The summed E-state index contributed by atoms with van der Waals surface area (Å²) < 4.78 is 5.03. The number of rotatable bonds is 5. The van der Waals surface area contributed by atoms with E-state index in [9.17, 15) is 4.79 Å². The van der Waals surface area contributed by atoms with Crippen LogP contribution in [0.1, 0.15) is 33.6 Å². The fourth-order valence-electron chi connectivity index (χ4n) is 0.842. The second-order valence-electron chi connectivity index (χ2n) is 4.04. The van der Waals surface area contributed by atoms with Crippen LogP contribution in [-0.2, 0) is 4.74 Å². The summed E-state index contributed by atoms with van der Waals surface area (Å²) in [6.07, 6.45) is 2.99. The second-order valence-corrected chi connectivity index (χ2v) is 4.04. The Morgan fingerprint density at radius 2 is 2.14 bits per heavy atom. The number of aliphatic hydroxyl groups excluding tert-OH is 1. The van der Waals surface area contributed by atoms with E-state index in [1.807, 2.05) is 20.8 Å². The van der Waals surface area contributed by atoms with Crippen molar-refractivity contribution in [3.05, 3.63) is 6.42 Å². The van der Waals surface area contributed by atoms with E-state index in [0.717, 1.165) is 12.8 Å². The second kappa shape index (κ2) is 6.65. The van der Waals surface area contributed by atoms with Gasteiger partial charge in [0.15, 0.2) is 0 Å². The lowest BCUT2D eigenvalue weighted by molar-refractivity contribution is 0.0527.